The van der Waals surface area contributed by atoms with Gasteiger partial charge in [-0.05, 0) is 24.7 Å². The summed E-state index contributed by atoms with van der Waals surface area (Å²) < 4.78 is 39.7. The highest BCUT2D eigenvalue weighted by Crippen LogP contribution is 2.29. The van der Waals surface area contributed by atoms with Gasteiger partial charge in [0.2, 0.25) is 0 Å². The average molecular weight is 283 g/mol. The number of rotatable bonds is 4. The van der Waals surface area contributed by atoms with Gasteiger partial charge in [0.15, 0.2) is 0 Å². The van der Waals surface area contributed by atoms with Crippen molar-refractivity contribution in [2.75, 3.05) is 7.05 Å². The third-order valence-electron chi connectivity index (χ3n) is 3.06. The van der Waals surface area contributed by atoms with Crippen LogP contribution in [-0.2, 0) is 26.3 Å². The van der Waals surface area contributed by atoms with Crippen LogP contribution in [0.5, 0.6) is 0 Å². The van der Waals surface area contributed by atoms with Gasteiger partial charge in [-0.1, -0.05) is 18.2 Å². The van der Waals surface area contributed by atoms with Crippen LogP contribution in [0.2, 0.25) is 0 Å². The van der Waals surface area contributed by atoms with Crippen molar-refractivity contribution in [3.8, 4) is 0 Å². The Balaban J connectivity index is 2.05. The Morgan fingerprint density at radius 3 is 2.55 bits per heavy atom. The molecule has 3 nitrogen and oxygen atoms in total. The third-order valence-corrected chi connectivity index (χ3v) is 3.06. The van der Waals surface area contributed by atoms with Crippen LogP contribution < -0.4 is 0 Å². The lowest BCUT2D eigenvalue weighted by Crippen LogP contribution is -2.19. The molecule has 0 aliphatic carbocycles. The largest absolute Gasteiger partial charge is 0.416 e. The van der Waals surface area contributed by atoms with Crippen molar-refractivity contribution >= 4 is 0 Å². The van der Waals surface area contributed by atoms with E-state index in [0.717, 1.165) is 11.8 Å². The molecule has 1 aromatic carbocycles. The standard InChI is InChI=1S/C14H16F3N3/c1-19(10-13-6-7-18-20(13)2)9-11-4-3-5-12(8-11)14(15,16)17/h3-8H,9-10H2,1-2H3. The number of benzene rings is 1. The Hall–Kier alpha value is -1.82. The van der Waals surface area contributed by atoms with Crippen molar-refractivity contribution in [2.45, 2.75) is 19.3 Å². The minimum absolute atomic E-state index is 0.453. The van der Waals surface area contributed by atoms with E-state index in [1.165, 1.54) is 12.1 Å². The molecule has 0 N–H and O–H groups in total. The van der Waals surface area contributed by atoms with E-state index in [1.807, 2.05) is 25.1 Å². The third kappa shape index (κ3) is 3.60. The Morgan fingerprint density at radius 1 is 1.20 bits per heavy atom. The van der Waals surface area contributed by atoms with E-state index < -0.39 is 11.7 Å². The number of alkyl halides is 3. The van der Waals surface area contributed by atoms with Crippen LogP contribution in [-0.4, -0.2) is 21.7 Å². The van der Waals surface area contributed by atoms with Crippen molar-refractivity contribution in [3.05, 3.63) is 53.3 Å². The number of nitrogens with zero attached hydrogens (tertiary/aromatic N) is 3. The van der Waals surface area contributed by atoms with Crippen molar-refractivity contribution < 1.29 is 13.2 Å². The predicted molar refractivity (Wildman–Crippen MR) is 69.8 cm³/mol. The first kappa shape index (κ1) is 14.6. The van der Waals surface area contributed by atoms with E-state index in [-0.39, 0.29) is 0 Å². The van der Waals surface area contributed by atoms with Gasteiger partial charge < -0.3 is 0 Å². The van der Waals surface area contributed by atoms with Crippen LogP contribution in [0.4, 0.5) is 13.2 Å². The van der Waals surface area contributed by atoms with Crippen molar-refractivity contribution in [3.63, 3.8) is 0 Å². The van der Waals surface area contributed by atoms with Gasteiger partial charge in [0.1, 0.15) is 0 Å². The summed E-state index contributed by atoms with van der Waals surface area (Å²) in [6.07, 6.45) is -2.59. The summed E-state index contributed by atoms with van der Waals surface area (Å²) >= 11 is 0. The highest BCUT2D eigenvalue weighted by molar-refractivity contribution is 5.25. The van der Waals surface area contributed by atoms with E-state index in [1.54, 1.807) is 16.9 Å². The fourth-order valence-corrected chi connectivity index (χ4v) is 2.05. The highest BCUT2D eigenvalue weighted by Gasteiger charge is 2.30. The molecule has 0 spiro atoms. The molecule has 6 heteroatoms. The van der Waals surface area contributed by atoms with Crippen LogP contribution in [0.3, 0.4) is 0 Å². The first-order chi connectivity index (χ1) is 9.36. The molecule has 2 aromatic rings. The van der Waals surface area contributed by atoms with Gasteiger partial charge in [0.25, 0.3) is 0 Å². The molecule has 0 bridgehead atoms. The molecule has 20 heavy (non-hydrogen) atoms. The van der Waals surface area contributed by atoms with Gasteiger partial charge in [-0.15, -0.1) is 0 Å². The summed E-state index contributed by atoms with van der Waals surface area (Å²) in [5.74, 6) is 0. The van der Waals surface area contributed by atoms with Gasteiger partial charge in [-0.2, -0.15) is 18.3 Å². The van der Waals surface area contributed by atoms with Gasteiger partial charge >= 0.3 is 6.18 Å². The lowest BCUT2D eigenvalue weighted by Gasteiger charge is -2.17. The molecule has 108 valence electrons. The average Bonchev–Trinajstić information content (AvgIpc) is 2.74. The molecule has 0 radical (unpaired) electrons. The van der Waals surface area contributed by atoms with Crippen molar-refractivity contribution in [1.29, 1.82) is 0 Å². The highest BCUT2D eigenvalue weighted by atomic mass is 19.4. The van der Waals surface area contributed by atoms with Crippen LogP contribution in [0, 0.1) is 0 Å². The minimum atomic E-state index is -4.30. The fraction of sp³-hybridized carbons (Fsp3) is 0.357. The molecule has 1 aromatic heterocycles. The van der Waals surface area contributed by atoms with Crippen molar-refractivity contribution in [2.24, 2.45) is 7.05 Å². The summed E-state index contributed by atoms with van der Waals surface area (Å²) in [5.41, 5.74) is 1.05. The van der Waals surface area contributed by atoms with E-state index in [4.69, 9.17) is 0 Å². The summed E-state index contributed by atoms with van der Waals surface area (Å²) in [7, 11) is 3.71. The lowest BCUT2D eigenvalue weighted by atomic mass is 10.1. The fourth-order valence-electron chi connectivity index (χ4n) is 2.05. The molecular weight excluding hydrogens is 267 g/mol. The van der Waals surface area contributed by atoms with E-state index in [2.05, 4.69) is 5.10 Å². The number of hydrogen-bond donors (Lipinski definition) is 0. The van der Waals surface area contributed by atoms with Gasteiger partial charge in [-0.3, -0.25) is 9.58 Å². The molecule has 0 saturated carbocycles. The smallest absolute Gasteiger partial charge is 0.296 e. The first-order valence-electron chi connectivity index (χ1n) is 6.18. The second-order valence-corrected chi connectivity index (χ2v) is 4.82. The molecular formula is C14H16F3N3. The van der Waals surface area contributed by atoms with Gasteiger partial charge in [0.05, 0.1) is 11.3 Å². The molecule has 0 amide bonds. The molecule has 0 atom stereocenters. The molecule has 0 fully saturated rings. The molecule has 0 aliphatic heterocycles. The monoisotopic (exact) mass is 283 g/mol. The second-order valence-electron chi connectivity index (χ2n) is 4.82. The quantitative estimate of drug-likeness (QED) is 0.860. The van der Waals surface area contributed by atoms with Crippen LogP contribution in [0.1, 0.15) is 16.8 Å². The Bertz CT molecular complexity index is 575. The van der Waals surface area contributed by atoms with Gasteiger partial charge in [-0.25, -0.2) is 0 Å². The maximum absolute atomic E-state index is 12.6. The molecule has 0 unspecified atom stereocenters. The molecule has 0 saturated heterocycles. The number of hydrogen-bond acceptors (Lipinski definition) is 2. The van der Waals surface area contributed by atoms with Crippen molar-refractivity contribution in [1.82, 2.24) is 14.7 Å². The number of aryl methyl sites for hydroxylation is 1. The zero-order chi connectivity index (χ0) is 14.8. The van der Waals surface area contributed by atoms with Gasteiger partial charge in [0, 0.05) is 26.3 Å². The Labute approximate surface area is 115 Å². The first-order valence-corrected chi connectivity index (χ1v) is 6.18. The van der Waals surface area contributed by atoms with E-state index in [0.29, 0.717) is 18.7 Å². The summed E-state index contributed by atoms with van der Waals surface area (Å²) in [6.45, 7) is 1.09. The van der Waals surface area contributed by atoms with E-state index in [9.17, 15) is 13.2 Å². The summed E-state index contributed by atoms with van der Waals surface area (Å²) in [5, 5.41) is 4.06. The Morgan fingerprint density at radius 2 is 1.95 bits per heavy atom. The van der Waals surface area contributed by atoms with Crippen LogP contribution in [0.15, 0.2) is 36.5 Å². The Kier molecular flexibility index (Phi) is 4.13. The minimum Gasteiger partial charge on any atom is -0.296 e. The number of halogens is 3. The second kappa shape index (κ2) is 5.66. The number of aromatic nitrogens is 2. The predicted octanol–water partition coefficient (Wildman–Crippen LogP) is 3.07. The molecule has 1 heterocycles. The normalized spacial score (nSPS) is 12.1. The summed E-state index contributed by atoms with van der Waals surface area (Å²) in [4.78, 5) is 1.95. The molecule has 2 rings (SSSR count). The maximum Gasteiger partial charge on any atom is 0.416 e. The molecule has 0 aliphatic rings. The SMILES string of the molecule is CN(Cc1cccc(C(F)(F)F)c1)Cc1ccnn1C. The van der Waals surface area contributed by atoms with E-state index >= 15 is 0 Å². The lowest BCUT2D eigenvalue weighted by molar-refractivity contribution is -0.137. The topological polar surface area (TPSA) is 21.1 Å². The van der Waals surface area contributed by atoms with Crippen LogP contribution >= 0.6 is 0 Å². The summed E-state index contributed by atoms with van der Waals surface area (Å²) in [6, 6.07) is 7.32. The maximum atomic E-state index is 12.6. The zero-order valence-electron chi connectivity index (χ0n) is 11.4. The van der Waals surface area contributed by atoms with Crippen LogP contribution in [0.25, 0.3) is 0 Å². The zero-order valence-corrected chi connectivity index (χ0v) is 11.4.